The zero-order valence-corrected chi connectivity index (χ0v) is 14.8. The highest BCUT2D eigenvalue weighted by Gasteiger charge is 2.68. The molecular weight excluding hydrogens is 296 g/mol. The van der Waals surface area contributed by atoms with Crippen LogP contribution in [0.15, 0.2) is 12.1 Å². The summed E-state index contributed by atoms with van der Waals surface area (Å²) in [6, 6.07) is 2.85. The van der Waals surface area contributed by atoms with Crippen LogP contribution in [0.4, 0.5) is 0 Å². The molecule has 0 aromatic heterocycles. The van der Waals surface area contributed by atoms with E-state index >= 15 is 0 Å². The Morgan fingerprint density at radius 1 is 1.04 bits per heavy atom. The molecule has 0 radical (unpaired) electrons. The summed E-state index contributed by atoms with van der Waals surface area (Å²) in [4.78, 5) is 12.7. The van der Waals surface area contributed by atoms with Crippen molar-refractivity contribution in [1.82, 2.24) is 0 Å². The van der Waals surface area contributed by atoms with Gasteiger partial charge in [0.15, 0.2) is 11.5 Å². The van der Waals surface area contributed by atoms with E-state index in [1.807, 2.05) is 20.8 Å². The van der Waals surface area contributed by atoms with Crippen LogP contribution in [0.5, 0.6) is 11.5 Å². The molecule has 0 aliphatic carbocycles. The maximum Gasteiger partial charge on any atom is 0.504 e. The standard InChI is InChI=1S/C17H24N2O4/c1-15(2,3)11-8-10(9-12(20)13(11)21)14-18(22)16(4,5)17(6,7)19(14)23/h8-9H,1-7H3,(H-,20,21)/p+1. The van der Waals surface area contributed by atoms with Gasteiger partial charge in [-0.05, 0) is 11.5 Å². The molecule has 0 bridgehead atoms. The van der Waals surface area contributed by atoms with Gasteiger partial charge in [0.05, 0.1) is 0 Å². The van der Waals surface area contributed by atoms with Crippen LogP contribution in [0.25, 0.3) is 0 Å². The van der Waals surface area contributed by atoms with E-state index in [0.717, 1.165) is 0 Å². The molecule has 0 saturated carbocycles. The average Bonchev–Trinajstić information content (AvgIpc) is 2.51. The van der Waals surface area contributed by atoms with Gasteiger partial charge in [0.25, 0.3) is 5.54 Å². The number of nitrogens with zero attached hydrogens (tertiary/aromatic N) is 2. The highest BCUT2D eigenvalue weighted by Crippen LogP contribution is 2.40. The average molecular weight is 321 g/mol. The minimum absolute atomic E-state index is 0.0548. The van der Waals surface area contributed by atoms with E-state index in [0.29, 0.717) is 20.6 Å². The van der Waals surface area contributed by atoms with E-state index < -0.39 is 16.5 Å². The summed E-state index contributed by atoms with van der Waals surface area (Å²) < 4.78 is 1.39. The number of aromatic hydroxyl groups is 2. The molecule has 0 atom stereocenters. The largest absolute Gasteiger partial charge is 0.618 e. The third kappa shape index (κ3) is 2.28. The van der Waals surface area contributed by atoms with Crippen LogP contribution in [0.3, 0.4) is 0 Å². The normalized spacial score (nSPS) is 20.2. The van der Waals surface area contributed by atoms with Crippen LogP contribution in [-0.2, 0) is 5.41 Å². The second kappa shape index (κ2) is 4.69. The molecule has 1 aliphatic heterocycles. The van der Waals surface area contributed by atoms with Crippen molar-refractivity contribution in [2.45, 2.75) is 65.0 Å². The Morgan fingerprint density at radius 3 is 1.96 bits per heavy atom. The number of benzene rings is 1. The lowest BCUT2D eigenvalue weighted by molar-refractivity contribution is -0.555. The molecule has 0 amide bonds. The minimum atomic E-state index is -0.931. The molecule has 0 unspecified atom stereocenters. The van der Waals surface area contributed by atoms with Crippen LogP contribution in [0.2, 0.25) is 0 Å². The Morgan fingerprint density at radius 2 is 1.57 bits per heavy atom. The second-order valence-electron chi connectivity index (χ2n) is 8.17. The summed E-state index contributed by atoms with van der Waals surface area (Å²) in [7, 11) is 0. The monoisotopic (exact) mass is 321 g/mol. The highest BCUT2D eigenvalue weighted by molar-refractivity contribution is 5.91. The van der Waals surface area contributed by atoms with Crippen molar-refractivity contribution >= 4 is 5.84 Å². The zero-order valence-electron chi connectivity index (χ0n) is 14.8. The predicted octanol–water partition coefficient (Wildman–Crippen LogP) is 3.00. The van der Waals surface area contributed by atoms with Gasteiger partial charge in [-0.3, -0.25) is 0 Å². The number of rotatable bonds is 1. The Labute approximate surface area is 136 Å². The SMILES string of the molecule is CC(C)(C)c1cc(C2=[N+]([O-])C(C)(C)C(C)(C)[N+]2=O)cc(O)c1O. The Kier molecular flexibility index (Phi) is 3.52. The smallest absolute Gasteiger partial charge is 0.504 e. The van der Waals surface area contributed by atoms with E-state index in [9.17, 15) is 20.3 Å². The molecule has 1 aliphatic rings. The quantitative estimate of drug-likeness (QED) is 0.473. The topological polar surface area (TPSA) is 86.6 Å². The van der Waals surface area contributed by atoms with Gasteiger partial charge in [-0.2, -0.15) is 0 Å². The first-order chi connectivity index (χ1) is 10.2. The van der Waals surface area contributed by atoms with Gasteiger partial charge >= 0.3 is 5.84 Å². The Bertz CT molecular complexity index is 725. The summed E-state index contributed by atoms with van der Waals surface area (Å²) in [5, 5.41) is 32.8. The predicted molar refractivity (Wildman–Crippen MR) is 88.0 cm³/mol. The molecule has 0 fully saturated rings. The summed E-state index contributed by atoms with van der Waals surface area (Å²) in [6.45, 7) is 12.5. The van der Waals surface area contributed by atoms with E-state index in [1.54, 1.807) is 33.8 Å². The lowest BCUT2D eigenvalue weighted by Crippen LogP contribution is -2.50. The number of hydroxylamine groups is 1. The van der Waals surface area contributed by atoms with E-state index in [-0.39, 0.29) is 17.3 Å². The van der Waals surface area contributed by atoms with Crippen molar-refractivity contribution in [3.8, 4) is 11.5 Å². The minimum Gasteiger partial charge on any atom is -0.618 e. The molecule has 0 saturated heterocycles. The van der Waals surface area contributed by atoms with E-state index in [2.05, 4.69) is 0 Å². The van der Waals surface area contributed by atoms with Gasteiger partial charge in [-0.15, -0.1) is 4.74 Å². The Hall–Kier alpha value is -2.11. The zero-order chi connectivity index (χ0) is 18.0. The van der Waals surface area contributed by atoms with Crippen molar-refractivity contribution in [2.75, 3.05) is 0 Å². The van der Waals surface area contributed by atoms with Crippen molar-refractivity contribution in [3.05, 3.63) is 33.4 Å². The van der Waals surface area contributed by atoms with Crippen molar-refractivity contribution < 1.29 is 19.7 Å². The van der Waals surface area contributed by atoms with Crippen LogP contribution < -0.4 is 0 Å². The first-order valence-electron chi connectivity index (χ1n) is 7.61. The molecular formula is C17H25N2O4+. The molecule has 0 spiro atoms. The molecule has 6 nitrogen and oxygen atoms in total. The molecule has 23 heavy (non-hydrogen) atoms. The van der Waals surface area contributed by atoms with Gasteiger partial charge in [0, 0.05) is 44.2 Å². The summed E-state index contributed by atoms with van der Waals surface area (Å²) in [5.41, 5.74) is -1.54. The van der Waals surface area contributed by atoms with Crippen LogP contribution in [0.1, 0.15) is 59.6 Å². The maximum absolute atomic E-state index is 12.7. The van der Waals surface area contributed by atoms with Crippen molar-refractivity contribution in [1.29, 1.82) is 0 Å². The van der Waals surface area contributed by atoms with Gasteiger partial charge in [-0.1, -0.05) is 20.8 Å². The Balaban J connectivity index is 2.76. The van der Waals surface area contributed by atoms with Crippen LogP contribution in [0, 0.1) is 10.1 Å². The van der Waals surface area contributed by atoms with E-state index in [1.165, 1.54) is 6.07 Å². The van der Waals surface area contributed by atoms with Gasteiger partial charge < -0.3 is 15.4 Å². The van der Waals surface area contributed by atoms with Gasteiger partial charge in [0.2, 0.25) is 5.54 Å². The number of phenols is 2. The molecule has 1 heterocycles. The molecule has 1 aromatic carbocycles. The fourth-order valence-electron chi connectivity index (χ4n) is 2.66. The maximum atomic E-state index is 12.7. The van der Waals surface area contributed by atoms with Crippen LogP contribution in [-0.4, -0.2) is 36.6 Å². The molecule has 2 N–H and O–H groups in total. The molecule has 1 aromatic rings. The molecule has 126 valence electrons. The third-order valence-corrected chi connectivity index (χ3v) is 5.05. The summed E-state index contributed by atoms with van der Waals surface area (Å²) >= 11 is 0. The molecule has 6 heteroatoms. The molecule has 2 rings (SSSR count). The lowest BCUT2D eigenvalue weighted by Gasteiger charge is -2.22. The van der Waals surface area contributed by atoms with Crippen LogP contribution >= 0.6 is 0 Å². The number of nitroso groups, excluding NO2 is 1. The van der Waals surface area contributed by atoms with Gasteiger partial charge in [-0.25, -0.2) is 0 Å². The van der Waals surface area contributed by atoms with E-state index in [4.69, 9.17) is 0 Å². The van der Waals surface area contributed by atoms with Crippen molar-refractivity contribution in [3.63, 3.8) is 0 Å². The van der Waals surface area contributed by atoms with Gasteiger partial charge in [0.1, 0.15) is 10.3 Å². The summed E-state index contributed by atoms with van der Waals surface area (Å²) in [5.74, 6) is -0.627. The number of hydrogen-bond acceptors (Lipinski definition) is 4. The first-order valence-corrected chi connectivity index (χ1v) is 7.61. The number of phenolic OH excluding ortho intramolecular Hbond substituents is 2. The fraction of sp³-hybridized carbons (Fsp3) is 0.588. The lowest BCUT2D eigenvalue weighted by atomic mass is 9.84. The third-order valence-electron chi connectivity index (χ3n) is 5.05. The first kappa shape index (κ1) is 17.2. The fourth-order valence-corrected chi connectivity index (χ4v) is 2.66. The number of amidine groups is 1. The highest BCUT2D eigenvalue weighted by atomic mass is 16.5. The number of hydrogen-bond donors (Lipinski definition) is 2. The summed E-state index contributed by atoms with van der Waals surface area (Å²) in [6.07, 6.45) is 0. The van der Waals surface area contributed by atoms with Crippen molar-refractivity contribution in [2.24, 2.45) is 0 Å². The second-order valence-corrected chi connectivity index (χ2v) is 8.17.